The molecule has 0 aliphatic heterocycles. The van der Waals surface area contributed by atoms with Crippen molar-refractivity contribution in [2.75, 3.05) is 92.5 Å². The van der Waals surface area contributed by atoms with Crippen molar-refractivity contribution in [3.63, 3.8) is 0 Å². The Morgan fingerprint density at radius 1 is 0.260 bits per heavy atom. The maximum absolute atomic E-state index is 12.5. The number of aryl methyl sites for hydroxylation is 2. The number of hydrogen-bond donors (Lipinski definition) is 0. The van der Waals surface area contributed by atoms with Gasteiger partial charge in [0.25, 0.3) is 20.2 Å². The quantitative estimate of drug-likeness (QED) is 0.0574. The fourth-order valence-electron chi connectivity index (χ4n) is 6.49. The lowest BCUT2D eigenvalue weighted by Gasteiger charge is -2.23. The Morgan fingerprint density at radius 3 is 0.636 bits per heavy atom. The summed E-state index contributed by atoms with van der Waals surface area (Å²) in [6.45, 7) is 34.9. The predicted molar refractivity (Wildman–Crippen MR) is 294 cm³/mol. The number of hydrogen-bond acceptors (Lipinski definition) is 19. The summed E-state index contributed by atoms with van der Waals surface area (Å²) >= 11 is 0. The van der Waals surface area contributed by atoms with E-state index >= 15 is 0 Å². The molecule has 2 aromatic rings. The van der Waals surface area contributed by atoms with E-state index < -0.39 is 32.4 Å². The molecule has 0 heterocycles. The molecule has 0 aromatic heterocycles. The highest BCUT2D eigenvalue weighted by molar-refractivity contribution is 7.87. The highest BCUT2D eigenvalue weighted by Gasteiger charge is 2.22. The van der Waals surface area contributed by atoms with E-state index in [1.54, 1.807) is 38.1 Å². The smallest absolute Gasteiger partial charge is 0.297 e. The van der Waals surface area contributed by atoms with Gasteiger partial charge in [0.05, 0.1) is 188 Å². The molecule has 2 rings (SSSR count). The van der Waals surface area contributed by atoms with Gasteiger partial charge in [-0.25, -0.2) is 0 Å². The van der Waals surface area contributed by atoms with Crippen molar-refractivity contribution in [3.8, 4) is 0 Å². The first-order valence-electron chi connectivity index (χ1n) is 27.2. The molecule has 2 aromatic carbocycles. The highest BCUT2D eigenvalue weighted by Crippen LogP contribution is 2.17. The van der Waals surface area contributed by atoms with Gasteiger partial charge >= 0.3 is 0 Å². The second-order valence-corrected chi connectivity index (χ2v) is 23.8. The first kappa shape index (κ1) is 70.8. The molecule has 0 saturated carbocycles. The Labute approximate surface area is 463 Å². The molecule has 14 unspecified atom stereocenters. The molecule has 19 nitrogen and oxygen atoms in total. The van der Waals surface area contributed by atoms with E-state index in [0.717, 1.165) is 11.1 Å². The topological polar surface area (TPSA) is 207 Å². The summed E-state index contributed by atoms with van der Waals surface area (Å²) in [6, 6.07) is 13.0. The molecule has 0 saturated heterocycles. The summed E-state index contributed by atoms with van der Waals surface area (Å²) in [4.78, 5) is 0.225. The fourth-order valence-corrected chi connectivity index (χ4v) is 8.53. The lowest BCUT2D eigenvalue weighted by Crippen LogP contribution is -2.31. The minimum Gasteiger partial charge on any atom is -0.373 e. The van der Waals surface area contributed by atoms with Crippen LogP contribution in [0.2, 0.25) is 0 Å². The Kier molecular flexibility index (Phi) is 35.4. The lowest BCUT2D eigenvalue weighted by molar-refractivity contribution is -0.115. The average molecular weight is 1140 g/mol. The SMILES string of the molecule is Cc1ccc(S(=O)(=O)OCC(C)OCC(C)OCC(C)OCC(C)OCC(C)OCC(C)OCC(C)OCC(C)OCC(C)OCC(C)OCC(C)OCC(C)OCC(C)OCC(C)OS(=O)(=O)c2ccc(C)cc2)cc1. The third kappa shape index (κ3) is 33.9. The van der Waals surface area contributed by atoms with Crippen molar-refractivity contribution in [3.05, 3.63) is 59.7 Å². The molecular weight excluding hydrogens is 1040 g/mol. The fraction of sp³-hybridized carbons (Fsp3) is 0.786. The minimum atomic E-state index is -3.88. The molecular formula is C56H98O19S2. The van der Waals surface area contributed by atoms with Crippen LogP contribution in [0.1, 0.15) is 108 Å². The third-order valence-electron chi connectivity index (χ3n) is 11.4. The maximum atomic E-state index is 12.5. The van der Waals surface area contributed by atoms with Crippen LogP contribution in [0.3, 0.4) is 0 Å². The Hall–Kier alpha value is -2.26. The van der Waals surface area contributed by atoms with Crippen molar-refractivity contribution in [1.29, 1.82) is 0 Å². The van der Waals surface area contributed by atoms with Gasteiger partial charge in [0.1, 0.15) is 0 Å². The van der Waals surface area contributed by atoms with Crippen molar-refractivity contribution >= 4 is 20.2 Å². The molecule has 0 aliphatic rings. The molecule has 0 fully saturated rings. The van der Waals surface area contributed by atoms with Gasteiger partial charge in [-0.2, -0.15) is 16.8 Å². The van der Waals surface area contributed by atoms with Gasteiger partial charge in [0, 0.05) is 0 Å². The summed E-state index contributed by atoms with van der Waals surface area (Å²) in [5.74, 6) is 0. The van der Waals surface area contributed by atoms with Gasteiger partial charge in [-0.1, -0.05) is 35.4 Å². The van der Waals surface area contributed by atoms with Crippen LogP contribution >= 0.6 is 0 Å². The summed E-state index contributed by atoms with van der Waals surface area (Å²) in [7, 11) is -7.74. The lowest BCUT2D eigenvalue weighted by atomic mass is 10.2. The number of benzene rings is 2. The zero-order chi connectivity index (χ0) is 57.6. The number of ether oxygens (including phenoxy) is 13. The molecule has 448 valence electrons. The summed E-state index contributed by atoms with van der Waals surface area (Å²) in [5.41, 5.74) is 1.93. The molecule has 0 N–H and O–H groups in total. The summed E-state index contributed by atoms with van der Waals surface area (Å²) in [5, 5.41) is 0. The van der Waals surface area contributed by atoms with Gasteiger partial charge in [0.2, 0.25) is 0 Å². The van der Waals surface area contributed by atoms with E-state index in [1.807, 2.05) is 96.9 Å². The van der Waals surface area contributed by atoms with Crippen LogP contribution in [0.5, 0.6) is 0 Å². The van der Waals surface area contributed by atoms with Crippen LogP contribution in [0.15, 0.2) is 58.3 Å². The molecule has 0 amide bonds. The molecule has 21 heteroatoms. The molecule has 14 atom stereocenters. The molecule has 0 spiro atoms. The first-order valence-corrected chi connectivity index (χ1v) is 30.0. The van der Waals surface area contributed by atoms with E-state index in [9.17, 15) is 16.8 Å². The van der Waals surface area contributed by atoms with Gasteiger partial charge in [0.15, 0.2) is 0 Å². The largest absolute Gasteiger partial charge is 0.373 e. The minimum absolute atomic E-state index is 0.0968. The monoisotopic (exact) mass is 1140 g/mol. The van der Waals surface area contributed by atoms with Crippen molar-refractivity contribution in [2.24, 2.45) is 0 Å². The first-order chi connectivity index (χ1) is 36.2. The van der Waals surface area contributed by atoms with E-state index in [1.165, 1.54) is 24.3 Å². The maximum Gasteiger partial charge on any atom is 0.297 e. The molecule has 0 aliphatic carbocycles. The second-order valence-electron chi connectivity index (χ2n) is 20.6. The third-order valence-corrected chi connectivity index (χ3v) is 14.1. The summed E-state index contributed by atoms with van der Waals surface area (Å²) < 4.78 is 137. The van der Waals surface area contributed by atoms with Crippen molar-refractivity contribution in [2.45, 2.75) is 206 Å². The predicted octanol–water partition coefficient (Wildman–Crippen LogP) is 8.07. The Morgan fingerprint density at radius 2 is 0.429 bits per heavy atom. The van der Waals surface area contributed by atoms with Crippen LogP contribution in [0.4, 0.5) is 0 Å². The normalized spacial score (nSPS) is 18.1. The zero-order valence-electron chi connectivity index (χ0n) is 49.2. The van der Waals surface area contributed by atoms with E-state index in [4.69, 9.17) is 69.9 Å². The average Bonchev–Trinajstić information content (AvgIpc) is 3.39. The van der Waals surface area contributed by atoms with Crippen LogP contribution in [0, 0.1) is 13.8 Å². The van der Waals surface area contributed by atoms with Crippen LogP contribution < -0.4 is 0 Å². The van der Waals surface area contributed by atoms with Crippen LogP contribution in [-0.2, 0) is 90.2 Å². The molecule has 0 radical (unpaired) electrons. The van der Waals surface area contributed by atoms with E-state index in [0.29, 0.717) is 72.7 Å². The second kappa shape index (κ2) is 38.4. The summed E-state index contributed by atoms with van der Waals surface area (Å²) in [6.07, 6.45) is -3.15. The zero-order valence-corrected chi connectivity index (χ0v) is 50.8. The van der Waals surface area contributed by atoms with Gasteiger partial charge < -0.3 is 61.6 Å². The van der Waals surface area contributed by atoms with E-state index in [2.05, 4.69) is 0 Å². The number of rotatable bonds is 46. The Balaban J connectivity index is 1.45. The van der Waals surface area contributed by atoms with Crippen LogP contribution in [0.25, 0.3) is 0 Å². The van der Waals surface area contributed by atoms with E-state index in [-0.39, 0.29) is 103 Å². The molecule has 77 heavy (non-hydrogen) atoms. The molecule has 0 bridgehead atoms. The van der Waals surface area contributed by atoms with Gasteiger partial charge in [-0.05, 0) is 135 Å². The van der Waals surface area contributed by atoms with Crippen molar-refractivity contribution in [1.82, 2.24) is 0 Å². The van der Waals surface area contributed by atoms with Crippen LogP contribution in [-0.4, -0.2) is 195 Å². The van der Waals surface area contributed by atoms with Gasteiger partial charge in [-0.3, -0.25) is 8.37 Å². The van der Waals surface area contributed by atoms with Crippen molar-refractivity contribution < 1.29 is 86.8 Å². The van der Waals surface area contributed by atoms with Gasteiger partial charge in [-0.15, -0.1) is 0 Å². The standard InChI is InChI=1S/C56H98O19S2/c1-39-17-21-55(22-18-39)76(57,58)74-38-53(15)72-36-51(13)70-34-49(11)68-32-47(9)66-30-45(7)64-28-43(5)62-26-41(3)61-25-42(4)63-27-44(6)65-29-46(8)67-31-48(10)69-33-50(12)71-35-52(14)73-37-54(16)75-77(59,60)56-23-19-40(2)20-24-56/h17-24,41-54H,25-38H2,1-16H3. The Bertz CT molecular complexity index is 2030. The highest BCUT2D eigenvalue weighted by atomic mass is 32.2.